The zero-order chi connectivity index (χ0) is 10.3. The van der Waals surface area contributed by atoms with Crippen molar-refractivity contribution in [1.82, 2.24) is 0 Å². The van der Waals surface area contributed by atoms with Crippen LogP contribution >= 0.6 is 0 Å². The summed E-state index contributed by atoms with van der Waals surface area (Å²) >= 11 is 0. The van der Waals surface area contributed by atoms with E-state index in [-0.39, 0.29) is 0 Å². The lowest BCUT2D eigenvalue weighted by atomic mass is 10.1. The third-order valence-electron chi connectivity index (χ3n) is 2.89. The molecule has 0 aliphatic heterocycles. The van der Waals surface area contributed by atoms with Gasteiger partial charge in [0, 0.05) is 13.0 Å². The molecule has 2 heteroatoms. The maximum absolute atomic E-state index is 5.77. The molecule has 0 aromatic rings. The minimum Gasteiger partial charge on any atom is -0.325 e. The van der Waals surface area contributed by atoms with Crippen LogP contribution in [0.1, 0.15) is 26.7 Å². The summed E-state index contributed by atoms with van der Waals surface area (Å²) in [5.41, 5.74) is 5.77. The fraction of sp³-hybridized carbons (Fsp3) is 0.818. The van der Waals surface area contributed by atoms with E-state index in [4.69, 9.17) is 5.73 Å². The van der Waals surface area contributed by atoms with E-state index < -0.39 is 0 Å². The average molecular weight is 185 g/mol. The quantitative estimate of drug-likeness (QED) is 0.495. The molecule has 0 fully saturated rings. The summed E-state index contributed by atoms with van der Waals surface area (Å²) in [5.74, 6) is 0. The van der Waals surface area contributed by atoms with Crippen molar-refractivity contribution >= 4 is 0 Å². The molecule has 13 heavy (non-hydrogen) atoms. The Morgan fingerprint density at radius 1 is 1.23 bits per heavy atom. The van der Waals surface area contributed by atoms with Crippen molar-refractivity contribution in [1.29, 1.82) is 0 Å². The van der Waals surface area contributed by atoms with Crippen LogP contribution in [0.4, 0.5) is 0 Å². The van der Waals surface area contributed by atoms with Gasteiger partial charge in [-0.3, -0.25) is 0 Å². The first-order valence-electron chi connectivity index (χ1n) is 5.26. The Kier molecular flexibility index (Phi) is 6.00. The molecule has 0 aliphatic carbocycles. The van der Waals surface area contributed by atoms with Crippen LogP contribution in [0, 0.1) is 0 Å². The number of nitrogens with two attached hydrogens (primary N) is 1. The van der Waals surface area contributed by atoms with Crippen molar-refractivity contribution in [2.45, 2.75) is 32.7 Å². The van der Waals surface area contributed by atoms with Gasteiger partial charge >= 0.3 is 0 Å². The van der Waals surface area contributed by atoms with Gasteiger partial charge in [-0.15, -0.1) is 0 Å². The predicted octanol–water partition coefficient (Wildman–Crippen LogP) is 1.77. The summed E-state index contributed by atoms with van der Waals surface area (Å²) in [5, 5.41) is 0. The van der Waals surface area contributed by atoms with Gasteiger partial charge in [0.2, 0.25) is 0 Å². The fourth-order valence-corrected chi connectivity index (χ4v) is 1.35. The number of hydrogen-bond acceptors (Lipinski definition) is 1. The normalized spacial score (nSPS) is 15.2. The van der Waals surface area contributed by atoms with Crippen LogP contribution in [-0.4, -0.2) is 37.7 Å². The molecule has 0 heterocycles. The van der Waals surface area contributed by atoms with E-state index in [2.05, 4.69) is 40.1 Å². The van der Waals surface area contributed by atoms with Crippen LogP contribution in [0.5, 0.6) is 0 Å². The lowest BCUT2D eigenvalue weighted by Gasteiger charge is -2.36. The third-order valence-corrected chi connectivity index (χ3v) is 2.89. The maximum Gasteiger partial charge on any atom is 0.104 e. The summed E-state index contributed by atoms with van der Waals surface area (Å²) in [7, 11) is 4.49. The Bertz CT molecular complexity index is 150. The Balaban J connectivity index is 4.09. The highest BCUT2D eigenvalue weighted by Crippen LogP contribution is 2.09. The first-order valence-corrected chi connectivity index (χ1v) is 5.26. The summed E-state index contributed by atoms with van der Waals surface area (Å²) in [6, 6.07) is 0.563. The summed E-state index contributed by atoms with van der Waals surface area (Å²) in [6.07, 6.45) is 6.70. The number of hydrogen-bond donors (Lipinski definition) is 1. The van der Waals surface area contributed by atoms with Crippen LogP contribution in [0.15, 0.2) is 12.2 Å². The van der Waals surface area contributed by atoms with Gasteiger partial charge in [-0.1, -0.05) is 19.1 Å². The van der Waals surface area contributed by atoms with Crippen LogP contribution in [0.2, 0.25) is 0 Å². The minimum atomic E-state index is 0.563. The van der Waals surface area contributed by atoms with Gasteiger partial charge in [-0.25, -0.2) is 0 Å². The first-order chi connectivity index (χ1) is 6.08. The summed E-state index contributed by atoms with van der Waals surface area (Å²) in [4.78, 5) is 0. The Morgan fingerprint density at radius 2 is 1.85 bits per heavy atom. The number of allylic oxidation sites excluding steroid dienone is 1. The maximum atomic E-state index is 5.77. The highest BCUT2D eigenvalue weighted by Gasteiger charge is 2.23. The summed E-state index contributed by atoms with van der Waals surface area (Å²) < 4.78 is 1.02. The van der Waals surface area contributed by atoms with Gasteiger partial charge in [0.15, 0.2) is 0 Å². The number of rotatable bonds is 6. The van der Waals surface area contributed by atoms with Crippen LogP contribution in [0.3, 0.4) is 0 Å². The van der Waals surface area contributed by atoms with E-state index in [1.165, 1.54) is 0 Å². The zero-order valence-electron chi connectivity index (χ0n) is 9.59. The highest BCUT2D eigenvalue weighted by molar-refractivity contribution is 4.83. The molecule has 0 bridgehead atoms. The SMILES string of the molecule is CCC=CCC(CN)[N+](C)(C)CC. The molecule has 0 saturated heterocycles. The molecule has 0 aliphatic rings. The molecular weight excluding hydrogens is 160 g/mol. The van der Waals surface area contributed by atoms with Gasteiger partial charge in [0.1, 0.15) is 6.04 Å². The largest absolute Gasteiger partial charge is 0.325 e. The molecule has 0 saturated carbocycles. The van der Waals surface area contributed by atoms with Gasteiger partial charge in [0.05, 0.1) is 20.6 Å². The molecule has 0 spiro atoms. The second kappa shape index (κ2) is 6.17. The Morgan fingerprint density at radius 3 is 2.23 bits per heavy atom. The lowest BCUT2D eigenvalue weighted by molar-refractivity contribution is -0.911. The molecule has 2 nitrogen and oxygen atoms in total. The van der Waals surface area contributed by atoms with Crippen LogP contribution < -0.4 is 5.73 Å². The average Bonchev–Trinajstić information content (AvgIpc) is 2.12. The van der Waals surface area contributed by atoms with E-state index in [0.29, 0.717) is 6.04 Å². The molecule has 0 amide bonds. The molecule has 0 rings (SSSR count). The molecule has 78 valence electrons. The fourth-order valence-electron chi connectivity index (χ4n) is 1.35. The Labute approximate surface area is 83.0 Å². The van der Waals surface area contributed by atoms with E-state index >= 15 is 0 Å². The van der Waals surface area contributed by atoms with Gasteiger partial charge in [0.25, 0.3) is 0 Å². The van der Waals surface area contributed by atoms with Gasteiger partial charge in [-0.2, -0.15) is 0 Å². The van der Waals surface area contributed by atoms with Crippen LogP contribution in [-0.2, 0) is 0 Å². The topological polar surface area (TPSA) is 26.0 Å². The van der Waals surface area contributed by atoms with Crippen molar-refractivity contribution in [3.05, 3.63) is 12.2 Å². The second-order valence-corrected chi connectivity index (χ2v) is 4.10. The number of nitrogens with zero attached hydrogens (tertiary/aromatic N) is 1. The molecule has 2 N–H and O–H groups in total. The number of likely N-dealkylation sites (N-methyl/N-ethyl adjacent to an activating group) is 1. The van der Waals surface area contributed by atoms with E-state index in [1.807, 2.05) is 0 Å². The van der Waals surface area contributed by atoms with Gasteiger partial charge in [-0.05, 0) is 13.3 Å². The van der Waals surface area contributed by atoms with Crippen molar-refractivity contribution in [2.24, 2.45) is 5.73 Å². The minimum absolute atomic E-state index is 0.563. The monoisotopic (exact) mass is 185 g/mol. The van der Waals surface area contributed by atoms with E-state index in [0.717, 1.165) is 30.4 Å². The van der Waals surface area contributed by atoms with E-state index in [1.54, 1.807) is 0 Å². The van der Waals surface area contributed by atoms with Crippen molar-refractivity contribution in [3.8, 4) is 0 Å². The Hall–Kier alpha value is -0.340. The smallest absolute Gasteiger partial charge is 0.104 e. The third kappa shape index (κ3) is 4.44. The molecule has 0 aromatic carbocycles. The number of quaternary nitrogens is 1. The molecule has 0 radical (unpaired) electrons. The molecule has 0 aromatic heterocycles. The first kappa shape index (κ1) is 12.7. The van der Waals surface area contributed by atoms with Crippen molar-refractivity contribution in [2.75, 3.05) is 27.2 Å². The molecule has 1 atom stereocenters. The predicted molar refractivity (Wildman–Crippen MR) is 59.5 cm³/mol. The van der Waals surface area contributed by atoms with Gasteiger partial charge < -0.3 is 10.2 Å². The lowest BCUT2D eigenvalue weighted by Crippen LogP contribution is -2.51. The standard InChI is InChI=1S/C11H25N2/c1-5-7-8-9-11(10-12)13(3,4)6-2/h7-8,11H,5-6,9-10,12H2,1-4H3/q+1. The highest BCUT2D eigenvalue weighted by atomic mass is 15.3. The van der Waals surface area contributed by atoms with Crippen molar-refractivity contribution < 1.29 is 4.48 Å². The molecule has 1 unspecified atom stereocenters. The zero-order valence-corrected chi connectivity index (χ0v) is 9.59. The van der Waals surface area contributed by atoms with Crippen LogP contribution in [0.25, 0.3) is 0 Å². The summed E-state index contributed by atoms with van der Waals surface area (Å²) in [6.45, 7) is 6.29. The second-order valence-electron chi connectivity index (χ2n) is 4.10. The van der Waals surface area contributed by atoms with Crippen molar-refractivity contribution in [3.63, 3.8) is 0 Å². The molecular formula is C11H25N2+. The van der Waals surface area contributed by atoms with E-state index in [9.17, 15) is 0 Å².